The Labute approximate surface area is 202 Å². The van der Waals surface area contributed by atoms with Crippen LogP contribution in [-0.4, -0.2) is 64.4 Å². The standard InChI is InChI=1S/C24H38N6O4/c1-17-20(18(2)30(28-17)15-7-11-25)9-10-21(31)29-14-6-8-19(16-29)22(32)26-12-13-27-23(33)34-24(3,4)5/h19H,6-10,12-16H2,1-5H3,(H,26,32)(H,27,33). The van der Waals surface area contributed by atoms with Gasteiger partial charge in [0.2, 0.25) is 11.8 Å². The van der Waals surface area contributed by atoms with Gasteiger partial charge in [0.05, 0.1) is 30.6 Å². The molecule has 0 aromatic carbocycles. The molecule has 0 spiro atoms. The first kappa shape index (κ1) is 27.2. The van der Waals surface area contributed by atoms with Crippen molar-refractivity contribution in [1.29, 1.82) is 5.26 Å². The molecule has 1 fully saturated rings. The molecule has 2 heterocycles. The van der Waals surface area contributed by atoms with E-state index >= 15 is 0 Å². The number of piperidine rings is 1. The van der Waals surface area contributed by atoms with Gasteiger partial charge in [-0.1, -0.05) is 0 Å². The highest BCUT2D eigenvalue weighted by Gasteiger charge is 2.28. The monoisotopic (exact) mass is 474 g/mol. The number of carbonyl (C=O) groups excluding carboxylic acids is 3. The van der Waals surface area contributed by atoms with Crippen LogP contribution in [0.15, 0.2) is 0 Å². The van der Waals surface area contributed by atoms with Gasteiger partial charge in [-0.3, -0.25) is 14.3 Å². The molecule has 1 aliphatic rings. The number of amides is 3. The summed E-state index contributed by atoms with van der Waals surface area (Å²) < 4.78 is 7.00. The van der Waals surface area contributed by atoms with Crippen LogP contribution in [0, 0.1) is 31.1 Å². The molecule has 0 aliphatic carbocycles. The molecule has 1 unspecified atom stereocenters. The summed E-state index contributed by atoms with van der Waals surface area (Å²) in [6.07, 6.45) is 2.35. The number of aryl methyl sites for hydroxylation is 2. The van der Waals surface area contributed by atoms with Gasteiger partial charge in [0.25, 0.3) is 0 Å². The Hall–Kier alpha value is -3.09. The van der Waals surface area contributed by atoms with E-state index in [1.54, 1.807) is 25.7 Å². The third-order valence-electron chi connectivity index (χ3n) is 5.79. The largest absolute Gasteiger partial charge is 0.444 e. The maximum Gasteiger partial charge on any atom is 0.407 e. The van der Waals surface area contributed by atoms with Gasteiger partial charge in [0, 0.05) is 38.3 Å². The number of rotatable bonds is 9. The highest BCUT2D eigenvalue weighted by atomic mass is 16.6. The van der Waals surface area contributed by atoms with Gasteiger partial charge in [-0.05, 0) is 59.4 Å². The first-order chi connectivity index (χ1) is 16.0. The van der Waals surface area contributed by atoms with Crippen LogP contribution in [0.25, 0.3) is 0 Å². The lowest BCUT2D eigenvalue weighted by Gasteiger charge is -2.32. The van der Waals surface area contributed by atoms with Gasteiger partial charge in [0.1, 0.15) is 5.60 Å². The van der Waals surface area contributed by atoms with Gasteiger partial charge >= 0.3 is 6.09 Å². The fourth-order valence-electron chi connectivity index (χ4n) is 4.09. The zero-order valence-corrected chi connectivity index (χ0v) is 21.1. The molecule has 2 rings (SSSR count). The first-order valence-corrected chi connectivity index (χ1v) is 11.9. The van der Waals surface area contributed by atoms with E-state index in [-0.39, 0.29) is 24.3 Å². The first-order valence-electron chi connectivity index (χ1n) is 11.9. The van der Waals surface area contributed by atoms with E-state index in [0.29, 0.717) is 45.4 Å². The topological polar surface area (TPSA) is 129 Å². The van der Waals surface area contributed by atoms with E-state index in [4.69, 9.17) is 10.00 Å². The minimum Gasteiger partial charge on any atom is -0.444 e. The molecule has 1 atom stereocenters. The van der Waals surface area contributed by atoms with Gasteiger partial charge in [0.15, 0.2) is 0 Å². The minimum absolute atomic E-state index is 0.0349. The average molecular weight is 475 g/mol. The molecule has 34 heavy (non-hydrogen) atoms. The quantitative estimate of drug-likeness (QED) is 0.528. The molecule has 1 aliphatic heterocycles. The van der Waals surface area contributed by atoms with Gasteiger partial charge in [-0.25, -0.2) is 4.79 Å². The van der Waals surface area contributed by atoms with Crippen molar-refractivity contribution in [3.63, 3.8) is 0 Å². The number of alkyl carbamates (subject to hydrolysis) is 1. The molecular formula is C24H38N6O4. The van der Waals surface area contributed by atoms with Crippen LogP contribution in [0.5, 0.6) is 0 Å². The van der Waals surface area contributed by atoms with Crippen molar-refractivity contribution < 1.29 is 19.1 Å². The van der Waals surface area contributed by atoms with Crippen LogP contribution in [0.4, 0.5) is 4.79 Å². The third kappa shape index (κ3) is 8.36. The predicted molar refractivity (Wildman–Crippen MR) is 127 cm³/mol. The van der Waals surface area contributed by atoms with Crippen molar-refractivity contribution >= 4 is 17.9 Å². The van der Waals surface area contributed by atoms with Crippen LogP contribution in [-0.2, 0) is 27.3 Å². The molecule has 1 aromatic rings. The summed E-state index contributed by atoms with van der Waals surface area (Å²) in [6.45, 7) is 11.4. The number of carbonyl (C=O) groups is 3. The molecule has 10 nitrogen and oxygen atoms in total. The van der Waals surface area contributed by atoms with E-state index in [1.165, 1.54) is 0 Å². The van der Waals surface area contributed by atoms with E-state index in [9.17, 15) is 14.4 Å². The Kier molecular flexibility index (Phi) is 9.90. The number of ether oxygens (including phenoxy) is 1. The summed E-state index contributed by atoms with van der Waals surface area (Å²) in [5.74, 6) is -0.321. The molecular weight excluding hydrogens is 436 g/mol. The molecule has 0 saturated carbocycles. The second kappa shape index (κ2) is 12.4. The molecule has 1 aromatic heterocycles. The number of likely N-dealkylation sites (tertiary alicyclic amines) is 1. The summed E-state index contributed by atoms with van der Waals surface area (Å²) in [7, 11) is 0. The molecule has 10 heteroatoms. The normalized spacial score (nSPS) is 16.0. The fourth-order valence-corrected chi connectivity index (χ4v) is 4.09. The average Bonchev–Trinajstić information content (AvgIpc) is 3.04. The van der Waals surface area contributed by atoms with E-state index < -0.39 is 11.7 Å². The Balaban J connectivity index is 1.78. The summed E-state index contributed by atoms with van der Waals surface area (Å²) in [4.78, 5) is 38.9. The highest BCUT2D eigenvalue weighted by molar-refractivity contribution is 5.81. The number of hydrogen-bond acceptors (Lipinski definition) is 6. The number of nitrogens with zero attached hydrogens (tertiary/aromatic N) is 4. The maximum atomic E-state index is 12.9. The maximum absolute atomic E-state index is 12.9. The Morgan fingerprint density at radius 3 is 2.59 bits per heavy atom. The lowest BCUT2D eigenvalue weighted by Crippen LogP contribution is -2.46. The van der Waals surface area contributed by atoms with Crippen molar-refractivity contribution in [3.05, 3.63) is 17.0 Å². The number of aromatic nitrogens is 2. The van der Waals surface area contributed by atoms with Crippen molar-refractivity contribution in [3.8, 4) is 6.07 Å². The van der Waals surface area contributed by atoms with Crippen LogP contribution in [0.1, 0.15) is 63.4 Å². The zero-order valence-electron chi connectivity index (χ0n) is 21.1. The van der Waals surface area contributed by atoms with E-state index in [0.717, 1.165) is 29.8 Å². The van der Waals surface area contributed by atoms with E-state index in [1.807, 2.05) is 18.5 Å². The lowest BCUT2D eigenvalue weighted by molar-refractivity contribution is -0.135. The molecule has 0 radical (unpaired) electrons. The van der Waals surface area contributed by atoms with Crippen LogP contribution >= 0.6 is 0 Å². The Morgan fingerprint density at radius 1 is 1.21 bits per heavy atom. The summed E-state index contributed by atoms with van der Waals surface area (Å²) in [6, 6.07) is 2.13. The zero-order chi connectivity index (χ0) is 25.3. The predicted octanol–water partition coefficient (Wildman–Crippen LogP) is 2.23. The van der Waals surface area contributed by atoms with E-state index in [2.05, 4.69) is 21.8 Å². The molecule has 3 amide bonds. The number of nitrogens with one attached hydrogen (secondary N) is 2. The van der Waals surface area contributed by atoms with Gasteiger partial charge < -0.3 is 20.3 Å². The van der Waals surface area contributed by atoms with Crippen LogP contribution < -0.4 is 10.6 Å². The van der Waals surface area contributed by atoms with Gasteiger partial charge in [-0.2, -0.15) is 10.4 Å². The van der Waals surface area contributed by atoms with Crippen molar-refractivity contribution in [2.24, 2.45) is 5.92 Å². The van der Waals surface area contributed by atoms with Crippen molar-refractivity contribution in [2.45, 2.75) is 78.9 Å². The minimum atomic E-state index is -0.569. The number of nitriles is 1. The Morgan fingerprint density at radius 2 is 1.91 bits per heavy atom. The molecule has 2 N–H and O–H groups in total. The molecule has 188 valence electrons. The number of hydrogen-bond donors (Lipinski definition) is 2. The third-order valence-corrected chi connectivity index (χ3v) is 5.79. The van der Waals surface area contributed by atoms with Crippen LogP contribution in [0.3, 0.4) is 0 Å². The highest BCUT2D eigenvalue weighted by Crippen LogP contribution is 2.20. The van der Waals surface area contributed by atoms with Crippen molar-refractivity contribution in [2.75, 3.05) is 26.2 Å². The SMILES string of the molecule is Cc1nn(CCC#N)c(C)c1CCC(=O)N1CCCC(C(=O)NCCNC(=O)OC(C)(C)C)C1. The lowest BCUT2D eigenvalue weighted by atomic mass is 9.96. The van der Waals surface area contributed by atoms with Gasteiger partial charge in [-0.15, -0.1) is 0 Å². The summed E-state index contributed by atoms with van der Waals surface area (Å²) in [5, 5.41) is 18.8. The molecule has 0 bridgehead atoms. The second-order valence-electron chi connectivity index (χ2n) is 9.68. The fraction of sp³-hybridized carbons (Fsp3) is 0.708. The molecule has 1 saturated heterocycles. The summed E-state index contributed by atoms with van der Waals surface area (Å²) in [5.41, 5.74) is 2.37. The summed E-state index contributed by atoms with van der Waals surface area (Å²) >= 11 is 0. The smallest absolute Gasteiger partial charge is 0.407 e. The Bertz CT molecular complexity index is 912. The van der Waals surface area contributed by atoms with Crippen molar-refractivity contribution in [1.82, 2.24) is 25.3 Å². The van der Waals surface area contributed by atoms with Crippen LogP contribution in [0.2, 0.25) is 0 Å². The second-order valence-corrected chi connectivity index (χ2v) is 9.68.